The van der Waals surface area contributed by atoms with E-state index in [1.54, 1.807) is 6.07 Å². The fourth-order valence-electron chi connectivity index (χ4n) is 1.34. The molecule has 0 radical (unpaired) electrons. The van der Waals surface area contributed by atoms with E-state index in [4.69, 9.17) is 0 Å². The topological polar surface area (TPSA) is 62.8 Å². The van der Waals surface area contributed by atoms with Gasteiger partial charge in [-0.05, 0) is 23.6 Å². The van der Waals surface area contributed by atoms with Gasteiger partial charge in [0.05, 0.1) is 22.1 Å². The van der Waals surface area contributed by atoms with Crippen molar-refractivity contribution in [2.75, 3.05) is 0 Å². The number of aromatic amines is 1. The molecule has 1 aromatic carbocycles. The fraction of sp³-hybridized carbons (Fsp3) is 0. The van der Waals surface area contributed by atoms with Crippen molar-refractivity contribution in [3.05, 3.63) is 63.2 Å². The maximum atomic E-state index is 10.8. The van der Waals surface area contributed by atoms with Crippen LogP contribution in [0, 0.1) is 0 Å². The third-order valence-electron chi connectivity index (χ3n) is 2.14. The standard InChI is InChI=1S/C8H6N2O.C5H4OS/c11-8-5-9-6-3-1-2-4-7(6)10-8;6-4-5-2-1-3-7-5/h1-5H,(H,10,11);1-4H. The van der Waals surface area contributed by atoms with Crippen LogP contribution in [-0.2, 0) is 0 Å². The molecule has 1 N–H and O–H groups in total. The molecule has 0 aliphatic carbocycles. The van der Waals surface area contributed by atoms with E-state index in [0.29, 0.717) is 0 Å². The first kappa shape index (κ1) is 12.2. The van der Waals surface area contributed by atoms with Crippen LogP contribution < -0.4 is 5.56 Å². The summed E-state index contributed by atoms with van der Waals surface area (Å²) in [5.41, 5.74) is 1.43. The summed E-state index contributed by atoms with van der Waals surface area (Å²) >= 11 is 1.45. The van der Waals surface area contributed by atoms with Crippen LogP contribution in [-0.4, -0.2) is 16.3 Å². The Morgan fingerprint density at radius 2 is 2.00 bits per heavy atom. The van der Waals surface area contributed by atoms with Crippen molar-refractivity contribution in [2.45, 2.75) is 0 Å². The van der Waals surface area contributed by atoms with E-state index in [9.17, 15) is 9.59 Å². The number of aromatic nitrogens is 2. The minimum atomic E-state index is -0.163. The molecule has 0 aliphatic heterocycles. The van der Waals surface area contributed by atoms with Crippen LogP contribution in [0.25, 0.3) is 11.0 Å². The molecule has 3 rings (SSSR count). The average Bonchev–Trinajstić information content (AvgIpc) is 2.92. The summed E-state index contributed by atoms with van der Waals surface area (Å²) in [4.78, 5) is 28.0. The molecule has 3 aromatic rings. The Morgan fingerprint density at radius 1 is 1.17 bits per heavy atom. The van der Waals surface area contributed by atoms with Crippen molar-refractivity contribution < 1.29 is 4.79 Å². The van der Waals surface area contributed by atoms with Gasteiger partial charge in [0.1, 0.15) is 0 Å². The molecular formula is C13H10N2O2S. The van der Waals surface area contributed by atoms with Gasteiger partial charge in [-0.3, -0.25) is 9.59 Å². The van der Waals surface area contributed by atoms with Crippen LogP contribution in [0.15, 0.2) is 52.8 Å². The lowest BCUT2D eigenvalue weighted by atomic mass is 10.3. The molecule has 0 fully saturated rings. The number of aldehydes is 1. The Morgan fingerprint density at radius 3 is 2.67 bits per heavy atom. The normalized spacial score (nSPS) is 9.56. The number of hydrogen-bond acceptors (Lipinski definition) is 4. The molecule has 0 unspecified atom stereocenters. The molecule has 90 valence electrons. The molecule has 4 nitrogen and oxygen atoms in total. The predicted octanol–water partition coefficient (Wildman–Crippen LogP) is 2.48. The van der Waals surface area contributed by atoms with E-state index in [0.717, 1.165) is 22.2 Å². The van der Waals surface area contributed by atoms with Gasteiger partial charge in [0, 0.05) is 0 Å². The van der Waals surface area contributed by atoms with Crippen molar-refractivity contribution in [1.82, 2.24) is 9.97 Å². The van der Waals surface area contributed by atoms with Gasteiger partial charge in [-0.25, -0.2) is 4.98 Å². The lowest BCUT2D eigenvalue weighted by Gasteiger charge is -1.92. The molecule has 0 saturated heterocycles. The quantitative estimate of drug-likeness (QED) is 0.682. The maximum absolute atomic E-state index is 10.8. The van der Waals surface area contributed by atoms with Gasteiger partial charge in [0.2, 0.25) is 0 Å². The third-order valence-corrected chi connectivity index (χ3v) is 2.94. The number of para-hydroxylation sites is 2. The van der Waals surface area contributed by atoms with Gasteiger partial charge in [-0.15, -0.1) is 11.3 Å². The van der Waals surface area contributed by atoms with Crippen LogP contribution in [0.5, 0.6) is 0 Å². The summed E-state index contributed by atoms with van der Waals surface area (Å²) in [5, 5.41) is 1.88. The molecule has 0 bridgehead atoms. The number of fused-ring (bicyclic) bond motifs is 1. The van der Waals surface area contributed by atoms with Gasteiger partial charge in [-0.2, -0.15) is 0 Å². The monoisotopic (exact) mass is 258 g/mol. The Balaban J connectivity index is 0.000000149. The van der Waals surface area contributed by atoms with Gasteiger partial charge >= 0.3 is 0 Å². The zero-order valence-electron chi connectivity index (χ0n) is 9.37. The lowest BCUT2D eigenvalue weighted by molar-refractivity contribution is 0.112. The first-order valence-electron chi connectivity index (χ1n) is 5.22. The fourth-order valence-corrected chi connectivity index (χ4v) is 1.87. The predicted molar refractivity (Wildman–Crippen MR) is 72.1 cm³/mol. The van der Waals surface area contributed by atoms with Crippen molar-refractivity contribution in [3.63, 3.8) is 0 Å². The zero-order chi connectivity index (χ0) is 12.8. The van der Waals surface area contributed by atoms with Crippen molar-refractivity contribution in [2.24, 2.45) is 0 Å². The van der Waals surface area contributed by atoms with Gasteiger partial charge in [0.15, 0.2) is 6.29 Å². The van der Waals surface area contributed by atoms with E-state index < -0.39 is 0 Å². The van der Waals surface area contributed by atoms with E-state index in [-0.39, 0.29) is 5.56 Å². The molecule has 5 heteroatoms. The van der Waals surface area contributed by atoms with Crippen molar-refractivity contribution in [3.8, 4) is 0 Å². The summed E-state index contributed by atoms with van der Waals surface area (Å²) < 4.78 is 0. The van der Waals surface area contributed by atoms with Crippen LogP contribution in [0.1, 0.15) is 9.67 Å². The Kier molecular flexibility index (Phi) is 3.98. The minimum absolute atomic E-state index is 0.163. The second kappa shape index (κ2) is 5.88. The summed E-state index contributed by atoms with van der Waals surface area (Å²) in [6.07, 6.45) is 2.13. The van der Waals surface area contributed by atoms with Crippen molar-refractivity contribution >= 4 is 28.7 Å². The van der Waals surface area contributed by atoms with E-state index in [1.807, 2.05) is 35.7 Å². The number of rotatable bonds is 1. The highest BCUT2D eigenvalue weighted by Crippen LogP contribution is 2.03. The number of carbonyl (C=O) groups excluding carboxylic acids is 1. The summed E-state index contributed by atoms with van der Waals surface area (Å²) in [7, 11) is 0. The van der Waals surface area contributed by atoms with Crippen LogP contribution in [0.2, 0.25) is 0 Å². The first-order chi connectivity index (χ1) is 8.79. The molecule has 0 spiro atoms. The van der Waals surface area contributed by atoms with Gasteiger partial charge < -0.3 is 4.98 Å². The average molecular weight is 258 g/mol. The Labute approximate surface area is 107 Å². The zero-order valence-corrected chi connectivity index (χ0v) is 10.2. The molecule has 0 saturated carbocycles. The van der Waals surface area contributed by atoms with E-state index >= 15 is 0 Å². The highest BCUT2D eigenvalue weighted by molar-refractivity contribution is 7.11. The number of benzene rings is 1. The van der Waals surface area contributed by atoms with E-state index in [1.165, 1.54) is 17.5 Å². The number of hydrogen-bond donors (Lipinski definition) is 1. The second-order valence-corrected chi connectivity index (χ2v) is 4.38. The molecule has 0 aliphatic rings. The highest BCUT2D eigenvalue weighted by Gasteiger charge is 1.90. The molecular weight excluding hydrogens is 248 g/mol. The molecule has 0 amide bonds. The largest absolute Gasteiger partial charge is 0.319 e. The number of nitrogens with zero attached hydrogens (tertiary/aromatic N) is 1. The van der Waals surface area contributed by atoms with Crippen LogP contribution >= 0.6 is 11.3 Å². The van der Waals surface area contributed by atoms with Crippen LogP contribution in [0.4, 0.5) is 0 Å². The molecule has 2 aromatic heterocycles. The number of nitrogens with one attached hydrogen (secondary N) is 1. The second-order valence-electron chi connectivity index (χ2n) is 3.40. The van der Waals surface area contributed by atoms with Gasteiger partial charge in [0.25, 0.3) is 5.56 Å². The number of carbonyl (C=O) groups is 1. The van der Waals surface area contributed by atoms with Crippen molar-refractivity contribution in [1.29, 1.82) is 0 Å². The summed E-state index contributed by atoms with van der Waals surface area (Å²) in [5.74, 6) is 0. The van der Waals surface area contributed by atoms with E-state index in [2.05, 4.69) is 9.97 Å². The SMILES string of the molecule is O=Cc1cccs1.O=c1cnc2ccccc2[nH]1. The van der Waals surface area contributed by atoms with Gasteiger partial charge in [-0.1, -0.05) is 18.2 Å². The maximum Gasteiger partial charge on any atom is 0.266 e. The first-order valence-corrected chi connectivity index (χ1v) is 6.10. The molecule has 18 heavy (non-hydrogen) atoms. The smallest absolute Gasteiger partial charge is 0.266 e. The number of H-pyrrole nitrogens is 1. The summed E-state index contributed by atoms with van der Waals surface area (Å²) in [6, 6.07) is 11.1. The lowest BCUT2D eigenvalue weighted by Crippen LogP contribution is -2.04. The Bertz CT molecular complexity index is 689. The summed E-state index contributed by atoms with van der Waals surface area (Å²) in [6.45, 7) is 0. The molecule has 0 atom stereocenters. The molecule has 2 heterocycles. The number of thiophene rings is 1. The third kappa shape index (κ3) is 3.11. The highest BCUT2D eigenvalue weighted by atomic mass is 32.1. The Hall–Kier alpha value is -2.27. The minimum Gasteiger partial charge on any atom is -0.319 e. The van der Waals surface area contributed by atoms with Crippen LogP contribution in [0.3, 0.4) is 0 Å².